The average molecular weight is 661 g/mol. The molecule has 0 aliphatic heterocycles. The molecule has 1 aliphatic carbocycles. The van der Waals surface area contributed by atoms with E-state index in [2.05, 4.69) is 157 Å². The van der Waals surface area contributed by atoms with E-state index in [1.807, 2.05) is 12.4 Å². The Kier molecular flexibility index (Phi) is 7.14. The van der Waals surface area contributed by atoms with Gasteiger partial charge in [0.05, 0.1) is 23.8 Å². The molecule has 8 aromatic rings. The minimum Gasteiger partial charge on any atom is -0.293 e. The van der Waals surface area contributed by atoms with Crippen molar-refractivity contribution in [3.05, 3.63) is 169 Å². The van der Waals surface area contributed by atoms with Gasteiger partial charge in [0.1, 0.15) is 0 Å². The molecule has 0 atom stereocenters. The first-order valence-electron chi connectivity index (χ1n) is 17.3. The number of hydrogen-bond donors (Lipinski definition) is 0. The van der Waals surface area contributed by atoms with Crippen LogP contribution in [0.2, 0.25) is 0 Å². The highest BCUT2D eigenvalue weighted by molar-refractivity contribution is 6.24. The maximum absolute atomic E-state index is 4.90. The van der Waals surface area contributed by atoms with Crippen molar-refractivity contribution in [3.63, 3.8) is 0 Å². The molecule has 0 saturated carbocycles. The summed E-state index contributed by atoms with van der Waals surface area (Å²) in [5.74, 6) is 1.49. The molecule has 0 radical (unpaired) electrons. The minimum atomic E-state index is -0.202. The molecule has 0 fully saturated rings. The normalized spacial score (nSPS) is 12.9. The second-order valence-electron chi connectivity index (χ2n) is 13.8. The number of aryl methyl sites for hydroxylation is 2. The number of rotatable bonds is 6. The second kappa shape index (κ2) is 11.9. The molecule has 0 saturated heterocycles. The van der Waals surface area contributed by atoms with Crippen LogP contribution in [0.5, 0.6) is 0 Å². The Morgan fingerprint density at radius 1 is 0.471 bits per heavy atom. The van der Waals surface area contributed by atoms with Gasteiger partial charge in [0.15, 0.2) is 11.6 Å². The maximum Gasteiger partial charge on any atom is 0.156 e. The van der Waals surface area contributed by atoms with E-state index < -0.39 is 0 Å². The first-order valence-corrected chi connectivity index (χ1v) is 17.3. The lowest BCUT2D eigenvalue weighted by molar-refractivity contribution is 0.661. The maximum atomic E-state index is 4.90. The van der Waals surface area contributed by atoms with Gasteiger partial charge in [0.2, 0.25) is 0 Å². The van der Waals surface area contributed by atoms with Crippen LogP contribution < -0.4 is 9.80 Å². The van der Waals surface area contributed by atoms with E-state index in [1.54, 1.807) is 24.8 Å². The van der Waals surface area contributed by atoms with Crippen molar-refractivity contribution in [2.24, 2.45) is 0 Å². The predicted octanol–water partition coefficient (Wildman–Crippen LogP) is 11.4. The van der Waals surface area contributed by atoms with Crippen molar-refractivity contribution in [3.8, 4) is 11.1 Å². The van der Waals surface area contributed by atoms with Crippen LogP contribution in [0.3, 0.4) is 0 Å². The summed E-state index contributed by atoms with van der Waals surface area (Å²) < 4.78 is 0. The van der Waals surface area contributed by atoms with Gasteiger partial charge in [-0.15, -0.1) is 0 Å². The summed E-state index contributed by atoms with van der Waals surface area (Å²) in [5.41, 5.74) is 11.4. The van der Waals surface area contributed by atoms with Crippen molar-refractivity contribution < 1.29 is 0 Å². The standard InChI is InChI=1S/C45H36N6/c1-29-13-17-31(18-14-29)50(41-27-46-21-23-48-41)43-34-10-5-6-11-35(34)44(51(42-28-47-22-24-49-42)32-19-15-30(2)16-20-32)38-26-40-36(25-37(38)43)33-9-7-8-12-39(33)45(40,3)4/h5-28H,1-4H3. The molecule has 246 valence electrons. The molecular formula is C45H36N6. The third-order valence-electron chi connectivity index (χ3n) is 10.3. The van der Waals surface area contributed by atoms with Crippen molar-refractivity contribution in [2.45, 2.75) is 33.1 Å². The van der Waals surface area contributed by atoms with Crippen molar-refractivity contribution in [1.29, 1.82) is 0 Å². The third-order valence-corrected chi connectivity index (χ3v) is 10.3. The highest BCUT2D eigenvalue weighted by Gasteiger charge is 2.37. The molecule has 0 unspecified atom stereocenters. The smallest absolute Gasteiger partial charge is 0.156 e. The van der Waals surface area contributed by atoms with Crippen LogP contribution in [0.1, 0.15) is 36.1 Å². The number of benzene rings is 6. The lowest BCUT2D eigenvalue weighted by Gasteiger charge is -2.32. The number of nitrogens with zero attached hydrogens (tertiary/aromatic N) is 6. The Balaban J connectivity index is 1.48. The predicted molar refractivity (Wildman–Crippen MR) is 209 cm³/mol. The molecule has 6 nitrogen and oxygen atoms in total. The molecule has 51 heavy (non-hydrogen) atoms. The molecule has 9 rings (SSSR count). The van der Waals surface area contributed by atoms with Crippen LogP contribution in [0.15, 0.2) is 146 Å². The molecule has 1 aliphatic rings. The first-order chi connectivity index (χ1) is 24.9. The third kappa shape index (κ3) is 4.94. The lowest BCUT2D eigenvalue weighted by Crippen LogP contribution is -2.17. The van der Waals surface area contributed by atoms with E-state index >= 15 is 0 Å². The zero-order valence-electron chi connectivity index (χ0n) is 29.0. The lowest BCUT2D eigenvalue weighted by atomic mass is 9.81. The van der Waals surface area contributed by atoms with E-state index in [-0.39, 0.29) is 5.41 Å². The van der Waals surface area contributed by atoms with Crippen LogP contribution in [0.4, 0.5) is 34.4 Å². The van der Waals surface area contributed by atoms with Crippen LogP contribution in [0, 0.1) is 13.8 Å². The van der Waals surface area contributed by atoms with Gasteiger partial charge in [-0.05, 0) is 72.5 Å². The zero-order valence-corrected chi connectivity index (χ0v) is 29.0. The minimum absolute atomic E-state index is 0.202. The number of hydrogen-bond acceptors (Lipinski definition) is 6. The highest BCUT2D eigenvalue weighted by Crippen LogP contribution is 2.55. The Bertz CT molecular complexity index is 2560. The summed E-state index contributed by atoms with van der Waals surface area (Å²) in [5, 5.41) is 4.37. The molecule has 0 N–H and O–H groups in total. The van der Waals surface area contributed by atoms with Crippen molar-refractivity contribution in [1.82, 2.24) is 19.9 Å². The molecule has 2 heterocycles. The van der Waals surface area contributed by atoms with E-state index in [0.29, 0.717) is 0 Å². The fourth-order valence-electron chi connectivity index (χ4n) is 7.76. The molecule has 0 spiro atoms. The van der Waals surface area contributed by atoms with Crippen LogP contribution in [-0.4, -0.2) is 19.9 Å². The summed E-state index contributed by atoms with van der Waals surface area (Å²) in [7, 11) is 0. The van der Waals surface area contributed by atoms with E-state index in [0.717, 1.165) is 55.9 Å². The molecule has 2 aromatic heterocycles. The summed E-state index contributed by atoms with van der Waals surface area (Å²) in [4.78, 5) is 23.4. The molecule has 0 amide bonds. The van der Waals surface area contributed by atoms with Gasteiger partial charge < -0.3 is 0 Å². The Morgan fingerprint density at radius 2 is 0.961 bits per heavy atom. The summed E-state index contributed by atoms with van der Waals surface area (Å²) >= 11 is 0. The first kappa shape index (κ1) is 30.6. The van der Waals surface area contributed by atoms with E-state index in [9.17, 15) is 0 Å². The Labute approximate surface area is 297 Å². The Hall–Kier alpha value is -6.40. The van der Waals surface area contributed by atoms with E-state index in [1.165, 1.54) is 33.4 Å². The van der Waals surface area contributed by atoms with Crippen molar-refractivity contribution >= 4 is 55.9 Å². The fraction of sp³-hybridized carbons (Fsp3) is 0.111. The summed E-state index contributed by atoms with van der Waals surface area (Å²) in [6.45, 7) is 8.91. The largest absolute Gasteiger partial charge is 0.293 e. The van der Waals surface area contributed by atoms with Gasteiger partial charge >= 0.3 is 0 Å². The second-order valence-corrected chi connectivity index (χ2v) is 13.8. The Morgan fingerprint density at radius 3 is 1.47 bits per heavy atom. The summed E-state index contributed by atoms with van der Waals surface area (Å²) in [6, 6.07) is 39.6. The van der Waals surface area contributed by atoms with Gasteiger partial charge in [-0.1, -0.05) is 97.8 Å². The van der Waals surface area contributed by atoms with Gasteiger partial charge in [-0.2, -0.15) is 0 Å². The van der Waals surface area contributed by atoms with Gasteiger partial charge in [0.25, 0.3) is 0 Å². The summed E-state index contributed by atoms with van der Waals surface area (Å²) in [6.07, 6.45) is 10.7. The monoisotopic (exact) mass is 660 g/mol. The zero-order chi connectivity index (χ0) is 34.7. The molecular weight excluding hydrogens is 625 g/mol. The SMILES string of the molecule is Cc1ccc(N(c2cnccn2)c2c3ccccc3c(N(c3ccc(C)cc3)c3cnccn3)c3cc4c(cc23)-c2ccccc2C4(C)C)cc1. The van der Waals surface area contributed by atoms with E-state index in [4.69, 9.17) is 9.97 Å². The van der Waals surface area contributed by atoms with Crippen LogP contribution in [-0.2, 0) is 5.41 Å². The van der Waals surface area contributed by atoms with Crippen LogP contribution >= 0.6 is 0 Å². The molecule has 6 heteroatoms. The molecule has 6 aromatic carbocycles. The van der Waals surface area contributed by atoms with Gasteiger partial charge in [0, 0.05) is 63.1 Å². The number of aromatic nitrogens is 4. The van der Waals surface area contributed by atoms with Gasteiger partial charge in [-0.3, -0.25) is 19.8 Å². The average Bonchev–Trinajstić information content (AvgIpc) is 3.39. The van der Waals surface area contributed by atoms with Crippen molar-refractivity contribution in [2.75, 3.05) is 9.80 Å². The fourth-order valence-corrected chi connectivity index (χ4v) is 7.76. The quantitative estimate of drug-likeness (QED) is 0.131. The highest BCUT2D eigenvalue weighted by atomic mass is 15.2. The topological polar surface area (TPSA) is 58.0 Å². The number of anilines is 6. The van der Waals surface area contributed by atoms with Crippen LogP contribution in [0.25, 0.3) is 32.7 Å². The molecule has 0 bridgehead atoms. The number of fused-ring (bicyclic) bond motifs is 5. The van der Waals surface area contributed by atoms with Gasteiger partial charge in [-0.25, -0.2) is 9.97 Å².